The lowest BCUT2D eigenvalue weighted by molar-refractivity contribution is 0.0206. The molecular formula is C38H40ClN5O5S. The molecule has 0 aliphatic carbocycles. The second-order valence-corrected chi connectivity index (χ2v) is 16.0. The highest BCUT2D eigenvalue weighted by molar-refractivity contribution is 7.89. The van der Waals surface area contributed by atoms with E-state index >= 15 is 0 Å². The number of sulfone groups is 1. The first-order valence-corrected chi connectivity index (χ1v) is 18.7. The Kier molecular flexibility index (Phi) is 10.3. The monoisotopic (exact) mass is 713 g/mol. The van der Waals surface area contributed by atoms with E-state index in [0.29, 0.717) is 58.1 Å². The third kappa shape index (κ3) is 8.51. The molecule has 1 fully saturated rings. The number of carbonyl (C=O) groups excluding carboxylic acids is 1. The summed E-state index contributed by atoms with van der Waals surface area (Å²) in [5.74, 6) is 1.04. The summed E-state index contributed by atoms with van der Waals surface area (Å²) in [4.78, 5) is 28.2. The van der Waals surface area contributed by atoms with E-state index in [0.717, 1.165) is 29.2 Å². The number of benzene rings is 3. The van der Waals surface area contributed by atoms with E-state index in [4.69, 9.17) is 26.1 Å². The summed E-state index contributed by atoms with van der Waals surface area (Å²) in [7, 11) is -3.54. The summed E-state index contributed by atoms with van der Waals surface area (Å²) in [6, 6.07) is 21.9. The van der Waals surface area contributed by atoms with Crippen molar-refractivity contribution in [3.63, 3.8) is 0 Å². The molecule has 3 aromatic carbocycles. The number of hydrogen-bond acceptors (Lipinski definition) is 9. The molecule has 10 nitrogen and oxygen atoms in total. The van der Waals surface area contributed by atoms with Crippen molar-refractivity contribution in [2.75, 3.05) is 18.4 Å². The van der Waals surface area contributed by atoms with E-state index in [9.17, 15) is 13.2 Å². The Bertz CT molecular complexity index is 2140. The molecule has 6 rings (SSSR count). The van der Waals surface area contributed by atoms with Crippen LogP contribution in [0.1, 0.15) is 50.3 Å². The van der Waals surface area contributed by atoms with Gasteiger partial charge in [-0.15, -0.1) is 0 Å². The Balaban J connectivity index is 1.24. The molecule has 0 saturated carbocycles. The van der Waals surface area contributed by atoms with Crippen LogP contribution in [0.3, 0.4) is 0 Å². The van der Waals surface area contributed by atoms with Crippen molar-refractivity contribution in [1.82, 2.24) is 19.9 Å². The van der Waals surface area contributed by atoms with Gasteiger partial charge in [0.15, 0.2) is 9.84 Å². The summed E-state index contributed by atoms with van der Waals surface area (Å²) in [5.41, 5.74) is 2.80. The number of nitrogens with one attached hydrogen (secondary N) is 1. The minimum atomic E-state index is -3.54. The Morgan fingerprint density at radius 3 is 2.52 bits per heavy atom. The zero-order valence-electron chi connectivity index (χ0n) is 28.5. The van der Waals surface area contributed by atoms with Gasteiger partial charge in [0.1, 0.15) is 11.4 Å². The fraction of sp³-hybridized carbons (Fsp3) is 0.316. The molecule has 1 N–H and O–H groups in total. The van der Waals surface area contributed by atoms with Crippen LogP contribution in [0.15, 0.2) is 85.2 Å². The lowest BCUT2D eigenvalue weighted by Gasteiger charge is -2.34. The predicted octanol–water partition coefficient (Wildman–Crippen LogP) is 8.37. The second kappa shape index (κ2) is 14.6. The van der Waals surface area contributed by atoms with E-state index < -0.39 is 15.4 Å². The minimum Gasteiger partial charge on any atom is -0.444 e. The maximum Gasteiger partial charge on any atom is 0.410 e. The average molecular weight is 714 g/mol. The lowest BCUT2D eigenvalue weighted by atomic mass is 10.0. The average Bonchev–Trinajstić information content (AvgIpc) is 3.07. The Morgan fingerprint density at radius 1 is 0.940 bits per heavy atom. The van der Waals surface area contributed by atoms with Crippen LogP contribution in [-0.4, -0.2) is 59.1 Å². The first-order chi connectivity index (χ1) is 23.8. The zero-order chi connectivity index (χ0) is 35.5. The molecule has 50 heavy (non-hydrogen) atoms. The Labute approximate surface area is 297 Å². The van der Waals surface area contributed by atoms with E-state index in [1.54, 1.807) is 47.6 Å². The molecule has 2 aromatic heterocycles. The molecule has 1 saturated heterocycles. The summed E-state index contributed by atoms with van der Waals surface area (Å²) in [6.45, 7) is 8.63. The molecule has 260 valence electrons. The van der Waals surface area contributed by atoms with Gasteiger partial charge < -0.3 is 19.7 Å². The molecule has 1 aliphatic heterocycles. The SMILES string of the molecule is Cc1ccc2c(CS(=O)(=O)Cc3ccccc3Cl)cccc2c1Oc1ncccc1-c1ccnc(N[C@H]2CCCN(C(=O)OC(C)(C)C)C2)n1. The molecule has 1 aliphatic rings. The van der Waals surface area contributed by atoms with Gasteiger partial charge in [-0.05, 0) is 86.9 Å². The number of aryl methyl sites for hydroxylation is 1. The maximum absolute atomic E-state index is 13.3. The van der Waals surface area contributed by atoms with Gasteiger partial charge in [0.05, 0.1) is 22.8 Å². The molecular weight excluding hydrogens is 674 g/mol. The van der Waals surface area contributed by atoms with Crippen LogP contribution in [0, 0.1) is 6.92 Å². The summed E-state index contributed by atoms with van der Waals surface area (Å²) < 4.78 is 38.8. The number of fused-ring (bicyclic) bond motifs is 1. The number of amides is 1. The molecule has 0 bridgehead atoms. The van der Waals surface area contributed by atoms with Crippen LogP contribution in [0.25, 0.3) is 22.0 Å². The van der Waals surface area contributed by atoms with Gasteiger partial charge in [0.25, 0.3) is 0 Å². The number of piperidine rings is 1. The molecule has 0 radical (unpaired) electrons. The number of likely N-dealkylation sites (tertiary alicyclic amines) is 1. The van der Waals surface area contributed by atoms with Crippen molar-refractivity contribution in [3.05, 3.63) is 107 Å². The van der Waals surface area contributed by atoms with Crippen LogP contribution in [0.4, 0.5) is 10.7 Å². The molecule has 1 atom stereocenters. The van der Waals surface area contributed by atoms with E-state index in [-0.39, 0.29) is 23.6 Å². The highest BCUT2D eigenvalue weighted by Gasteiger charge is 2.28. The number of ether oxygens (including phenoxy) is 2. The van der Waals surface area contributed by atoms with E-state index in [2.05, 4.69) is 15.3 Å². The van der Waals surface area contributed by atoms with Gasteiger partial charge in [0.2, 0.25) is 11.8 Å². The lowest BCUT2D eigenvalue weighted by Crippen LogP contribution is -2.47. The fourth-order valence-electron chi connectivity index (χ4n) is 6.02. The zero-order valence-corrected chi connectivity index (χ0v) is 30.1. The van der Waals surface area contributed by atoms with Gasteiger partial charge in [-0.3, -0.25) is 0 Å². The largest absolute Gasteiger partial charge is 0.444 e. The number of anilines is 1. The van der Waals surface area contributed by atoms with Crippen molar-refractivity contribution in [2.45, 2.75) is 63.7 Å². The van der Waals surface area contributed by atoms with Gasteiger partial charge in [-0.1, -0.05) is 60.1 Å². The smallest absolute Gasteiger partial charge is 0.410 e. The first-order valence-electron chi connectivity index (χ1n) is 16.5. The van der Waals surface area contributed by atoms with E-state index in [1.807, 2.05) is 70.2 Å². The number of halogens is 1. The Hall–Kier alpha value is -4.74. The van der Waals surface area contributed by atoms with Gasteiger partial charge in [0, 0.05) is 41.9 Å². The standard InChI is InChI=1S/C38H40ClN5O5S/c1-25-16-17-29-26(23-50(46,47)24-27-10-5-6-15-32(27)39)11-7-13-30(29)34(25)48-35-31(14-8-19-40-35)33-18-20-41-36(43-33)42-28-12-9-21-44(22-28)37(45)49-38(2,3)4/h5-8,10-11,13-20,28H,9,12,21-24H2,1-4H3,(H,41,42,43)/t28-/m0/s1. The summed E-state index contributed by atoms with van der Waals surface area (Å²) in [5, 5.41) is 5.36. The normalized spacial score (nSPS) is 15.1. The van der Waals surface area contributed by atoms with Gasteiger partial charge >= 0.3 is 6.09 Å². The minimum absolute atomic E-state index is 0.0443. The Morgan fingerprint density at radius 2 is 1.72 bits per heavy atom. The van der Waals surface area contributed by atoms with Crippen LogP contribution in [0.2, 0.25) is 5.02 Å². The predicted molar refractivity (Wildman–Crippen MR) is 196 cm³/mol. The van der Waals surface area contributed by atoms with Crippen molar-refractivity contribution in [2.24, 2.45) is 0 Å². The number of hydrogen-bond donors (Lipinski definition) is 1. The number of pyridine rings is 1. The third-order valence-electron chi connectivity index (χ3n) is 8.32. The number of rotatable bonds is 9. The number of aromatic nitrogens is 3. The van der Waals surface area contributed by atoms with Crippen molar-refractivity contribution in [3.8, 4) is 22.9 Å². The van der Waals surface area contributed by atoms with Crippen LogP contribution >= 0.6 is 11.6 Å². The molecule has 0 spiro atoms. The van der Waals surface area contributed by atoms with Crippen LogP contribution in [-0.2, 0) is 26.1 Å². The van der Waals surface area contributed by atoms with Crippen molar-refractivity contribution < 1.29 is 22.7 Å². The van der Waals surface area contributed by atoms with Crippen LogP contribution < -0.4 is 10.1 Å². The summed E-state index contributed by atoms with van der Waals surface area (Å²) in [6.07, 6.45) is 4.69. The second-order valence-electron chi connectivity index (χ2n) is 13.5. The molecule has 5 aromatic rings. The van der Waals surface area contributed by atoms with Crippen LogP contribution in [0.5, 0.6) is 11.6 Å². The fourth-order valence-corrected chi connectivity index (χ4v) is 7.85. The number of nitrogens with zero attached hydrogens (tertiary/aromatic N) is 4. The van der Waals surface area contributed by atoms with Gasteiger partial charge in [-0.2, -0.15) is 0 Å². The quantitative estimate of drug-likeness (QED) is 0.160. The highest BCUT2D eigenvalue weighted by atomic mass is 35.5. The highest BCUT2D eigenvalue weighted by Crippen LogP contribution is 2.38. The van der Waals surface area contributed by atoms with E-state index in [1.165, 1.54) is 0 Å². The van der Waals surface area contributed by atoms with Crippen molar-refractivity contribution >= 4 is 44.3 Å². The molecule has 12 heteroatoms. The topological polar surface area (TPSA) is 124 Å². The maximum atomic E-state index is 13.3. The number of carbonyl (C=O) groups is 1. The first kappa shape index (κ1) is 35.1. The summed E-state index contributed by atoms with van der Waals surface area (Å²) >= 11 is 6.27. The molecule has 1 amide bonds. The molecule has 3 heterocycles. The van der Waals surface area contributed by atoms with Crippen molar-refractivity contribution in [1.29, 1.82) is 0 Å². The molecule has 0 unspecified atom stereocenters. The van der Waals surface area contributed by atoms with Gasteiger partial charge in [-0.25, -0.2) is 28.2 Å². The third-order valence-corrected chi connectivity index (χ3v) is 10.2.